The van der Waals surface area contributed by atoms with Crippen molar-refractivity contribution in [1.29, 1.82) is 0 Å². The second-order valence-corrected chi connectivity index (χ2v) is 5.68. The lowest BCUT2D eigenvalue weighted by molar-refractivity contribution is -0.123. The normalized spacial score (nSPS) is 18.1. The van der Waals surface area contributed by atoms with Gasteiger partial charge in [-0.05, 0) is 38.8 Å². The number of nitrogens with one attached hydrogen (secondary N) is 1. The fourth-order valence-electron chi connectivity index (χ4n) is 2.44. The third kappa shape index (κ3) is 3.01. The highest BCUT2D eigenvalue weighted by Gasteiger charge is 2.36. The van der Waals surface area contributed by atoms with Crippen LogP contribution in [0.5, 0.6) is 0 Å². The average Bonchev–Trinajstić information content (AvgIpc) is 2.40. The number of amides is 1. The van der Waals surface area contributed by atoms with Gasteiger partial charge in [-0.3, -0.25) is 4.79 Å². The molecule has 6 heteroatoms. The molecule has 0 radical (unpaired) electrons. The zero-order valence-electron chi connectivity index (χ0n) is 12.1. The molecule has 0 aromatic carbocycles. The zero-order valence-corrected chi connectivity index (χ0v) is 12.1. The number of aromatic nitrogens is 1. The van der Waals surface area contributed by atoms with Crippen molar-refractivity contribution in [1.82, 2.24) is 4.98 Å². The predicted molar refractivity (Wildman–Crippen MR) is 80.6 cm³/mol. The molecule has 0 bridgehead atoms. The Kier molecular flexibility index (Phi) is 4.13. The molecule has 6 nitrogen and oxygen atoms in total. The van der Waals surface area contributed by atoms with Crippen LogP contribution < -0.4 is 21.7 Å². The highest BCUT2D eigenvalue weighted by atomic mass is 16.1. The van der Waals surface area contributed by atoms with Crippen LogP contribution in [0.1, 0.15) is 26.7 Å². The number of anilines is 2. The van der Waals surface area contributed by atoms with Crippen LogP contribution in [-0.2, 0) is 4.79 Å². The summed E-state index contributed by atoms with van der Waals surface area (Å²) < 4.78 is 0. The summed E-state index contributed by atoms with van der Waals surface area (Å²) in [4.78, 5) is 18.0. The number of hydrogen-bond donors (Lipinski definition) is 3. The van der Waals surface area contributed by atoms with Crippen LogP contribution in [0.15, 0.2) is 18.3 Å². The second kappa shape index (κ2) is 5.66. The van der Waals surface area contributed by atoms with E-state index in [1.807, 2.05) is 12.1 Å². The first kappa shape index (κ1) is 14.6. The maximum absolute atomic E-state index is 11.4. The van der Waals surface area contributed by atoms with Gasteiger partial charge in [0.05, 0.1) is 11.2 Å². The number of primary amides is 1. The predicted octanol–water partition coefficient (Wildman–Crippen LogP) is 0.685. The zero-order chi connectivity index (χ0) is 14.8. The second-order valence-electron chi connectivity index (χ2n) is 5.68. The summed E-state index contributed by atoms with van der Waals surface area (Å²) in [7, 11) is 0. The van der Waals surface area contributed by atoms with Crippen molar-refractivity contribution in [2.75, 3.05) is 23.3 Å². The SMILES string of the molecule is CC(C)Nc1cccnc1N1CCC(N)(C(N)=O)CC1. The molecule has 0 atom stereocenters. The summed E-state index contributed by atoms with van der Waals surface area (Å²) in [6.45, 7) is 5.54. The van der Waals surface area contributed by atoms with Gasteiger partial charge < -0.3 is 21.7 Å². The standard InChI is InChI=1S/C14H23N5O/c1-10(2)18-11-4-3-7-17-12(11)19-8-5-14(16,6-9-19)13(15)20/h3-4,7,10,18H,5-6,8-9,16H2,1-2H3,(H2,15,20). The van der Waals surface area contributed by atoms with Gasteiger partial charge in [-0.25, -0.2) is 4.98 Å². The van der Waals surface area contributed by atoms with Gasteiger partial charge >= 0.3 is 0 Å². The van der Waals surface area contributed by atoms with E-state index >= 15 is 0 Å². The summed E-state index contributed by atoms with van der Waals surface area (Å²) in [5, 5.41) is 3.39. The van der Waals surface area contributed by atoms with E-state index in [1.165, 1.54) is 0 Å². The molecule has 0 saturated carbocycles. The number of carbonyl (C=O) groups excluding carboxylic acids is 1. The molecule has 1 aliphatic rings. The molecule has 1 amide bonds. The fraction of sp³-hybridized carbons (Fsp3) is 0.571. The Balaban J connectivity index is 2.13. The number of pyridine rings is 1. The van der Waals surface area contributed by atoms with Gasteiger partial charge in [0.2, 0.25) is 5.91 Å². The van der Waals surface area contributed by atoms with Gasteiger partial charge in [0.25, 0.3) is 0 Å². The van der Waals surface area contributed by atoms with E-state index in [-0.39, 0.29) is 0 Å². The maximum atomic E-state index is 11.4. The molecule has 2 heterocycles. The monoisotopic (exact) mass is 277 g/mol. The summed E-state index contributed by atoms with van der Waals surface area (Å²) in [5.74, 6) is 0.492. The van der Waals surface area contributed by atoms with E-state index < -0.39 is 11.4 Å². The lowest BCUT2D eigenvalue weighted by atomic mass is 9.88. The number of hydrogen-bond acceptors (Lipinski definition) is 5. The Morgan fingerprint density at radius 2 is 2.10 bits per heavy atom. The van der Waals surface area contributed by atoms with Crippen molar-refractivity contribution in [2.24, 2.45) is 11.5 Å². The van der Waals surface area contributed by atoms with Gasteiger partial charge in [-0.2, -0.15) is 0 Å². The van der Waals surface area contributed by atoms with Gasteiger partial charge in [-0.1, -0.05) is 0 Å². The molecule has 2 rings (SSSR count). The van der Waals surface area contributed by atoms with Gasteiger partial charge in [0.15, 0.2) is 5.82 Å². The van der Waals surface area contributed by atoms with Crippen LogP contribution >= 0.6 is 0 Å². The lowest BCUT2D eigenvalue weighted by Gasteiger charge is -2.38. The quantitative estimate of drug-likeness (QED) is 0.752. The first-order valence-corrected chi connectivity index (χ1v) is 6.98. The van der Waals surface area contributed by atoms with Crippen molar-refractivity contribution < 1.29 is 4.79 Å². The molecule has 1 saturated heterocycles. The Bertz CT molecular complexity index is 480. The average molecular weight is 277 g/mol. The van der Waals surface area contributed by atoms with Crippen molar-refractivity contribution in [3.05, 3.63) is 18.3 Å². The van der Waals surface area contributed by atoms with Crippen molar-refractivity contribution in [2.45, 2.75) is 38.3 Å². The Hall–Kier alpha value is -1.82. The molecule has 0 unspecified atom stereocenters. The largest absolute Gasteiger partial charge is 0.380 e. The van der Waals surface area contributed by atoms with E-state index in [2.05, 4.69) is 29.0 Å². The minimum absolute atomic E-state index is 0.335. The summed E-state index contributed by atoms with van der Waals surface area (Å²) in [5.41, 5.74) is 11.5. The van der Waals surface area contributed by atoms with Crippen LogP contribution in [0.4, 0.5) is 11.5 Å². The van der Waals surface area contributed by atoms with E-state index in [0.717, 1.165) is 11.5 Å². The molecule has 110 valence electrons. The Morgan fingerprint density at radius 3 is 2.65 bits per heavy atom. The minimum Gasteiger partial charge on any atom is -0.380 e. The molecular formula is C14H23N5O. The molecule has 1 aliphatic heterocycles. The van der Waals surface area contributed by atoms with Crippen molar-refractivity contribution >= 4 is 17.4 Å². The van der Waals surface area contributed by atoms with Gasteiger partial charge in [0.1, 0.15) is 0 Å². The van der Waals surface area contributed by atoms with E-state index in [1.54, 1.807) is 6.20 Å². The van der Waals surface area contributed by atoms with E-state index in [4.69, 9.17) is 11.5 Å². The van der Waals surface area contributed by atoms with E-state index in [9.17, 15) is 4.79 Å². The van der Waals surface area contributed by atoms with Crippen LogP contribution in [-0.4, -0.2) is 35.6 Å². The molecule has 1 fully saturated rings. The molecule has 1 aromatic rings. The van der Waals surface area contributed by atoms with Gasteiger partial charge in [-0.15, -0.1) is 0 Å². The fourth-order valence-corrected chi connectivity index (χ4v) is 2.44. The Morgan fingerprint density at radius 1 is 1.45 bits per heavy atom. The maximum Gasteiger partial charge on any atom is 0.237 e. The van der Waals surface area contributed by atoms with Crippen LogP contribution in [0.3, 0.4) is 0 Å². The van der Waals surface area contributed by atoms with Gasteiger partial charge in [0, 0.05) is 25.3 Å². The molecule has 5 N–H and O–H groups in total. The topological polar surface area (TPSA) is 97.3 Å². The number of rotatable bonds is 4. The number of nitrogens with zero attached hydrogens (tertiary/aromatic N) is 2. The number of carbonyl (C=O) groups is 1. The summed E-state index contributed by atoms with van der Waals surface area (Å²) in [6.07, 6.45) is 2.89. The van der Waals surface area contributed by atoms with Crippen molar-refractivity contribution in [3.8, 4) is 0 Å². The van der Waals surface area contributed by atoms with Crippen LogP contribution in [0.25, 0.3) is 0 Å². The highest BCUT2D eigenvalue weighted by molar-refractivity contribution is 5.84. The van der Waals surface area contributed by atoms with Crippen molar-refractivity contribution in [3.63, 3.8) is 0 Å². The summed E-state index contributed by atoms with van der Waals surface area (Å²) >= 11 is 0. The molecule has 0 aliphatic carbocycles. The minimum atomic E-state index is -0.878. The first-order chi connectivity index (χ1) is 9.42. The number of piperidine rings is 1. The third-order valence-electron chi connectivity index (χ3n) is 3.68. The molecule has 1 aromatic heterocycles. The van der Waals surface area contributed by atoms with Crippen LogP contribution in [0.2, 0.25) is 0 Å². The molecule has 0 spiro atoms. The van der Waals surface area contributed by atoms with E-state index in [0.29, 0.717) is 32.0 Å². The molecule has 20 heavy (non-hydrogen) atoms. The lowest BCUT2D eigenvalue weighted by Crippen LogP contribution is -2.58. The van der Waals surface area contributed by atoms with Crippen LogP contribution in [0, 0.1) is 0 Å². The summed E-state index contributed by atoms with van der Waals surface area (Å²) in [6, 6.07) is 4.26. The highest BCUT2D eigenvalue weighted by Crippen LogP contribution is 2.28. The number of nitrogens with two attached hydrogens (primary N) is 2. The third-order valence-corrected chi connectivity index (χ3v) is 3.68. The Labute approximate surface area is 119 Å². The molecular weight excluding hydrogens is 254 g/mol. The smallest absolute Gasteiger partial charge is 0.237 e. The first-order valence-electron chi connectivity index (χ1n) is 6.98.